The third kappa shape index (κ3) is 4.06. The lowest BCUT2D eigenvalue weighted by molar-refractivity contribution is -0.139. The lowest BCUT2D eigenvalue weighted by Gasteiger charge is -2.27. The summed E-state index contributed by atoms with van der Waals surface area (Å²) in [6.45, 7) is 2.67. The van der Waals surface area contributed by atoms with Crippen molar-refractivity contribution in [2.24, 2.45) is 0 Å². The minimum Gasteiger partial charge on any atom is -0.341 e. The molecular formula is C19H23Cl2N3O3. The van der Waals surface area contributed by atoms with E-state index in [0.29, 0.717) is 23.7 Å². The van der Waals surface area contributed by atoms with E-state index in [1.165, 1.54) is 12.5 Å². The van der Waals surface area contributed by atoms with E-state index in [4.69, 9.17) is 23.2 Å². The number of likely N-dealkylation sites (tertiary alicyclic amines) is 1. The summed E-state index contributed by atoms with van der Waals surface area (Å²) in [6.07, 6.45) is 5.28. The van der Waals surface area contributed by atoms with Gasteiger partial charge in [0.15, 0.2) is 0 Å². The molecule has 1 N–H and O–H groups in total. The summed E-state index contributed by atoms with van der Waals surface area (Å²) in [5.74, 6) is -0.691. The second-order valence-electron chi connectivity index (χ2n) is 7.22. The summed E-state index contributed by atoms with van der Waals surface area (Å²) < 4.78 is 0. The van der Waals surface area contributed by atoms with Crippen LogP contribution >= 0.6 is 23.2 Å². The quantitative estimate of drug-likeness (QED) is 0.772. The maximum atomic E-state index is 13.0. The van der Waals surface area contributed by atoms with Crippen LogP contribution in [-0.2, 0) is 15.1 Å². The van der Waals surface area contributed by atoms with Crippen molar-refractivity contribution < 1.29 is 14.4 Å². The van der Waals surface area contributed by atoms with Crippen LogP contribution in [0.4, 0.5) is 4.79 Å². The maximum Gasteiger partial charge on any atom is 0.325 e. The smallest absolute Gasteiger partial charge is 0.325 e. The van der Waals surface area contributed by atoms with Gasteiger partial charge < -0.3 is 10.2 Å². The van der Waals surface area contributed by atoms with E-state index < -0.39 is 17.5 Å². The molecule has 0 aromatic heterocycles. The van der Waals surface area contributed by atoms with Gasteiger partial charge in [-0.1, -0.05) is 48.5 Å². The molecule has 8 heteroatoms. The summed E-state index contributed by atoms with van der Waals surface area (Å²) in [6, 6.07) is 4.17. The molecule has 146 valence electrons. The molecule has 2 fully saturated rings. The van der Waals surface area contributed by atoms with Crippen molar-refractivity contribution in [3.05, 3.63) is 33.8 Å². The molecule has 2 heterocycles. The van der Waals surface area contributed by atoms with Crippen molar-refractivity contribution >= 4 is 41.0 Å². The largest absolute Gasteiger partial charge is 0.341 e. The van der Waals surface area contributed by atoms with Gasteiger partial charge >= 0.3 is 6.03 Å². The van der Waals surface area contributed by atoms with Gasteiger partial charge in [0.05, 0.1) is 0 Å². The number of benzene rings is 1. The number of carbonyl (C=O) groups excluding carboxylic acids is 3. The van der Waals surface area contributed by atoms with Gasteiger partial charge in [0.2, 0.25) is 5.91 Å². The number of hydrogen-bond donors (Lipinski definition) is 1. The van der Waals surface area contributed by atoms with E-state index in [2.05, 4.69) is 5.32 Å². The van der Waals surface area contributed by atoms with Crippen molar-refractivity contribution in [3.8, 4) is 0 Å². The van der Waals surface area contributed by atoms with Gasteiger partial charge in [0.1, 0.15) is 12.1 Å². The molecular weight excluding hydrogens is 389 g/mol. The van der Waals surface area contributed by atoms with Crippen LogP contribution in [-0.4, -0.2) is 47.3 Å². The highest BCUT2D eigenvalue weighted by atomic mass is 35.5. The molecule has 2 aliphatic rings. The van der Waals surface area contributed by atoms with Gasteiger partial charge in [-0.2, -0.15) is 0 Å². The van der Waals surface area contributed by atoms with Gasteiger partial charge in [-0.3, -0.25) is 14.5 Å². The van der Waals surface area contributed by atoms with E-state index in [-0.39, 0.29) is 17.5 Å². The highest BCUT2D eigenvalue weighted by molar-refractivity contribution is 6.35. The van der Waals surface area contributed by atoms with Crippen molar-refractivity contribution in [1.29, 1.82) is 0 Å². The number of halogens is 2. The molecule has 2 aliphatic heterocycles. The third-order valence-electron chi connectivity index (χ3n) is 5.25. The van der Waals surface area contributed by atoms with Crippen LogP contribution in [0.15, 0.2) is 18.2 Å². The fourth-order valence-electron chi connectivity index (χ4n) is 3.65. The molecule has 3 rings (SSSR count). The normalized spacial score (nSPS) is 23.8. The minimum atomic E-state index is -1.32. The SMILES string of the molecule is C[C@]1(c2ccc(Cl)cc2Cl)NC(=O)N(CC(=O)N2CCCCCCC2)C1=O. The average molecular weight is 412 g/mol. The van der Waals surface area contributed by atoms with Crippen molar-refractivity contribution in [3.63, 3.8) is 0 Å². The van der Waals surface area contributed by atoms with Crippen molar-refractivity contribution in [2.45, 2.75) is 44.6 Å². The lowest BCUT2D eigenvalue weighted by atomic mass is 9.92. The number of imide groups is 1. The first-order chi connectivity index (χ1) is 12.8. The lowest BCUT2D eigenvalue weighted by Crippen LogP contribution is -2.45. The summed E-state index contributed by atoms with van der Waals surface area (Å²) in [4.78, 5) is 40.9. The van der Waals surface area contributed by atoms with Gasteiger partial charge in [0.25, 0.3) is 5.91 Å². The summed E-state index contributed by atoms with van der Waals surface area (Å²) >= 11 is 12.2. The minimum absolute atomic E-state index is 0.202. The van der Waals surface area contributed by atoms with Gasteiger partial charge in [0, 0.05) is 28.7 Å². The molecule has 4 amide bonds. The number of urea groups is 1. The number of amides is 4. The maximum absolute atomic E-state index is 13.0. The Bertz CT molecular complexity index is 763. The molecule has 27 heavy (non-hydrogen) atoms. The van der Waals surface area contributed by atoms with Crippen LogP contribution < -0.4 is 5.32 Å². The second kappa shape index (κ2) is 8.07. The Kier molecular flexibility index (Phi) is 5.96. The number of carbonyl (C=O) groups is 3. The number of rotatable bonds is 3. The Hall–Kier alpha value is -1.79. The Labute approximate surface area is 168 Å². The van der Waals surface area contributed by atoms with Crippen LogP contribution in [0.25, 0.3) is 0 Å². The van der Waals surface area contributed by atoms with Crippen LogP contribution in [0.1, 0.15) is 44.6 Å². The zero-order valence-electron chi connectivity index (χ0n) is 15.3. The molecule has 0 radical (unpaired) electrons. The van der Waals surface area contributed by atoms with E-state index in [0.717, 1.165) is 30.6 Å². The monoisotopic (exact) mass is 411 g/mol. The van der Waals surface area contributed by atoms with Gasteiger partial charge in [-0.05, 0) is 31.9 Å². The Balaban J connectivity index is 1.76. The predicted octanol–water partition coefficient (Wildman–Crippen LogP) is 3.55. The fraction of sp³-hybridized carbons (Fsp3) is 0.526. The Morgan fingerprint density at radius 3 is 2.37 bits per heavy atom. The molecule has 0 saturated carbocycles. The Morgan fingerprint density at radius 2 is 1.74 bits per heavy atom. The highest BCUT2D eigenvalue weighted by Crippen LogP contribution is 2.35. The average Bonchev–Trinajstić information content (AvgIpc) is 2.78. The van der Waals surface area contributed by atoms with Gasteiger partial charge in [-0.15, -0.1) is 0 Å². The molecule has 2 saturated heterocycles. The van der Waals surface area contributed by atoms with Crippen LogP contribution in [0, 0.1) is 0 Å². The summed E-state index contributed by atoms with van der Waals surface area (Å²) in [5, 5.41) is 3.40. The second-order valence-corrected chi connectivity index (χ2v) is 8.06. The zero-order valence-corrected chi connectivity index (χ0v) is 16.8. The first-order valence-electron chi connectivity index (χ1n) is 9.20. The molecule has 0 unspecified atom stereocenters. The molecule has 0 bridgehead atoms. The Morgan fingerprint density at radius 1 is 1.11 bits per heavy atom. The predicted molar refractivity (Wildman–Crippen MR) is 104 cm³/mol. The first-order valence-corrected chi connectivity index (χ1v) is 9.96. The topological polar surface area (TPSA) is 69.7 Å². The summed E-state index contributed by atoms with van der Waals surface area (Å²) in [7, 11) is 0. The fourth-order valence-corrected chi connectivity index (χ4v) is 4.25. The van der Waals surface area contributed by atoms with E-state index >= 15 is 0 Å². The molecule has 6 nitrogen and oxygen atoms in total. The molecule has 0 spiro atoms. The number of nitrogens with zero attached hydrogens (tertiary/aromatic N) is 2. The molecule has 1 atom stereocenters. The zero-order chi connectivity index (χ0) is 19.6. The standard InChI is InChI=1S/C19H23Cl2N3O3/c1-19(14-8-7-13(20)11-15(14)21)17(26)24(18(27)22-19)12-16(25)23-9-5-3-2-4-6-10-23/h7-8,11H,2-6,9-10,12H2,1H3,(H,22,27)/t19-/m1/s1. The van der Waals surface area contributed by atoms with E-state index in [1.54, 1.807) is 24.0 Å². The van der Waals surface area contributed by atoms with Crippen molar-refractivity contribution in [1.82, 2.24) is 15.1 Å². The molecule has 1 aromatic carbocycles. The third-order valence-corrected chi connectivity index (χ3v) is 5.79. The summed E-state index contributed by atoms with van der Waals surface area (Å²) in [5.41, 5.74) is -0.872. The number of nitrogens with one attached hydrogen (secondary N) is 1. The van der Waals surface area contributed by atoms with Crippen LogP contribution in [0.2, 0.25) is 10.0 Å². The number of hydrogen-bond acceptors (Lipinski definition) is 3. The van der Waals surface area contributed by atoms with Crippen molar-refractivity contribution in [2.75, 3.05) is 19.6 Å². The first kappa shape index (κ1) is 20.0. The molecule has 1 aromatic rings. The highest BCUT2D eigenvalue weighted by Gasteiger charge is 2.50. The van der Waals surface area contributed by atoms with Crippen LogP contribution in [0.3, 0.4) is 0 Å². The van der Waals surface area contributed by atoms with Crippen LogP contribution in [0.5, 0.6) is 0 Å². The molecule has 0 aliphatic carbocycles. The van der Waals surface area contributed by atoms with Gasteiger partial charge in [-0.25, -0.2) is 4.79 Å². The van der Waals surface area contributed by atoms with E-state index in [9.17, 15) is 14.4 Å². The van der Waals surface area contributed by atoms with E-state index in [1.807, 2.05) is 0 Å².